The fourth-order valence-corrected chi connectivity index (χ4v) is 5.69. The van der Waals surface area contributed by atoms with Crippen molar-refractivity contribution < 1.29 is 22.9 Å². The van der Waals surface area contributed by atoms with Crippen molar-refractivity contribution in [1.29, 1.82) is 0 Å². The monoisotopic (exact) mass is 616 g/mol. The van der Waals surface area contributed by atoms with Crippen LogP contribution in [0.5, 0.6) is 0 Å². The largest absolute Gasteiger partial charge is 0.354 e. The van der Waals surface area contributed by atoms with E-state index in [9.17, 15) is 28.1 Å². The van der Waals surface area contributed by atoms with E-state index in [1.54, 1.807) is 43.3 Å². The number of nitrogens with one attached hydrogen (secondary N) is 1. The van der Waals surface area contributed by atoms with Crippen LogP contribution in [-0.2, 0) is 26.2 Å². The summed E-state index contributed by atoms with van der Waals surface area (Å²) in [6.07, 6.45) is 0.702. The molecule has 0 saturated carbocycles. The molecule has 0 fully saturated rings. The molecule has 0 bridgehead atoms. The lowest BCUT2D eigenvalue weighted by atomic mass is 10.1. The van der Waals surface area contributed by atoms with Gasteiger partial charge in [0.05, 0.1) is 15.5 Å². The Morgan fingerprint density at radius 2 is 1.72 bits per heavy atom. The van der Waals surface area contributed by atoms with Crippen molar-refractivity contribution in [2.75, 3.05) is 17.4 Å². The number of sulfonamides is 1. The number of non-ortho nitro benzene ring substituents is 1. The average Bonchev–Trinajstić information content (AvgIpc) is 2.93. The number of nitrogens with zero attached hydrogens (tertiary/aromatic N) is 3. The number of nitro benzene ring substituents is 1. The second-order valence-electron chi connectivity index (χ2n) is 8.72. The number of carbonyl (C=O) groups is 2. The van der Waals surface area contributed by atoms with Gasteiger partial charge >= 0.3 is 0 Å². The zero-order chi connectivity index (χ0) is 28.6. The number of hydrogen-bond donors (Lipinski definition) is 1. The molecule has 3 aromatic carbocycles. The predicted molar refractivity (Wildman–Crippen MR) is 152 cm³/mol. The van der Waals surface area contributed by atoms with Crippen molar-refractivity contribution in [1.82, 2.24) is 10.2 Å². The fourth-order valence-electron chi connectivity index (χ4n) is 3.82. The van der Waals surface area contributed by atoms with Crippen molar-refractivity contribution in [3.8, 4) is 0 Å². The number of amides is 2. The molecule has 12 heteroatoms. The van der Waals surface area contributed by atoms with Crippen molar-refractivity contribution in [3.05, 3.63) is 99.0 Å². The number of hydrogen-bond acceptors (Lipinski definition) is 6. The minimum Gasteiger partial charge on any atom is -0.354 e. The second kappa shape index (κ2) is 13.3. The Hall–Kier alpha value is -3.77. The van der Waals surface area contributed by atoms with Crippen LogP contribution >= 0.6 is 15.9 Å². The molecule has 0 aromatic heterocycles. The predicted octanol–water partition coefficient (Wildman–Crippen LogP) is 4.50. The SMILES string of the molecule is CCCNC(=O)[C@@H](C)N(Cc1cccc(Br)c1)C(=O)CN(c1cccc([N+](=O)[O-])c1)S(=O)(=O)c1ccccc1. The van der Waals surface area contributed by atoms with E-state index in [1.165, 1.54) is 35.2 Å². The van der Waals surface area contributed by atoms with Crippen LogP contribution in [0.1, 0.15) is 25.8 Å². The van der Waals surface area contributed by atoms with Gasteiger partial charge < -0.3 is 10.2 Å². The first-order chi connectivity index (χ1) is 18.5. The lowest BCUT2D eigenvalue weighted by Crippen LogP contribution is -2.51. The summed E-state index contributed by atoms with van der Waals surface area (Å²) < 4.78 is 29.1. The highest BCUT2D eigenvalue weighted by atomic mass is 79.9. The van der Waals surface area contributed by atoms with Crippen LogP contribution in [0.15, 0.2) is 88.2 Å². The van der Waals surface area contributed by atoms with Crippen LogP contribution in [0.25, 0.3) is 0 Å². The van der Waals surface area contributed by atoms with Gasteiger partial charge in [-0.15, -0.1) is 0 Å². The molecule has 206 valence electrons. The maximum absolute atomic E-state index is 13.8. The van der Waals surface area contributed by atoms with Gasteiger partial charge in [-0.05, 0) is 49.2 Å². The van der Waals surface area contributed by atoms with Crippen LogP contribution < -0.4 is 9.62 Å². The minimum absolute atomic E-state index is 0.0349. The topological polar surface area (TPSA) is 130 Å². The Morgan fingerprint density at radius 1 is 1.03 bits per heavy atom. The number of halogens is 1. The third-order valence-electron chi connectivity index (χ3n) is 5.90. The van der Waals surface area contributed by atoms with Crippen LogP contribution in [0.3, 0.4) is 0 Å². The molecule has 0 aliphatic carbocycles. The molecule has 2 amide bonds. The van der Waals surface area contributed by atoms with Gasteiger partial charge in [0.25, 0.3) is 15.7 Å². The number of benzene rings is 3. The van der Waals surface area contributed by atoms with Gasteiger partial charge in [-0.1, -0.05) is 59.3 Å². The number of anilines is 1. The molecule has 39 heavy (non-hydrogen) atoms. The molecule has 3 aromatic rings. The van der Waals surface area contributed by atoms with Gasteiger partial charge in [0.1, 0.15) is 12.6 Å². The van der Waals surface area contributed by atoms with E-state index in [0.717, 1.165) is 20.4 Å². The lowest BCUT2D eigenvalue weighted by molar-refractivity contribution is -0.384. The molecule has 0 radical (unpaired) electrons. The van der Waals surface area contributed by atoms with Crippen molar-refractivity contribution in [2.24, 2.45) is 0 Å². The normalized spacial score (nSPS) is 11.9. The number of nitro groups is 1. The molecule has 0 heterocycles. The van der Waals surface area contributed by atoms with E-state index >= 15 is 0 Å². The maximum Gasteiger partial charge on any atom is 0.271 e. The third-order valence-corrected chi connectivity index (χ3v) is 8.18. The van der Waals surface area contributed by atoms with E-state index in [-0.39, 0.29) is 28.7 Å². The van der Waals surface area contributed by atoms with Gasteiger partial charge in [-0.25, -0.2) is 8.42 Å². The summed E-state index contributed by atoms with van der Waals surface area (Å²) in [6.45, 7) is 3.25. The van der Waals surface area contributed by atoms with Crippen molar-refractivity contribution in [3.63, 3.8) is 0 Å². The first-order valence-corrected chi connectivity index (χ1v) is 14.4. The Labute approximate surface area is 236 Å². The lowest BCUT2D eigenvalue weighted by Gasteiger charge is -2.32. The third kappa shape index (κ3) is 7.64. The van der Waals surface area contributed by atoms with Gasteiger partial charge in [0, 0.05) is 29.7 Å². The van der Waals surface area contributed by atoms with Crippen LogP contribution in [0.2, 0.25) is 0 Å². The molecule has 0 aliphatic heterocycles. The smallest absolute Gasteiger partial charge is 0.271 e. The molecule has 3 rings (SSSR count). The average molecular weight is 618 g/mol. The maximum atomic E-state index is 13.8. The highest BCUT2D eigenvalue weighted by Crippen LogP contribution is 2.27. The molecular formula is C27H29BrN4O6S. The summed E-state index contributed by atoms with van der Waals surface area (Å²) in [4.78, 5) is 38.7. The molecule has 0 saturated heterocycles. The summed E-state index contributed by atoms with van der Waals surface area (Å²) in [5, 5.41) is 14.2. The number of rotatable bonds is 12. The first kappa shape index (κ1) is 29.8. The Bertz CT molecular complexity index is 1430. The van der Waals surface area contributed by atoms with E-state index in [4.69, 9.17) is 0 Å². The summed E-state index contributed by atoms with van der Waals surface area (Å²) in [6, 6.07) is 18.9. The standard InChI is InChI=1S/C27H29BrN4O6S/c1-3-15-29-27(34)20(2)30(18-21-9-7-10-22(28)16-21)26(33)19-31(23-11-8-12-24(17-23)32(35)36)39(37,38)25-13-5-4-6-14-25/h4-14,16-17,20H,3,15,18-19H2,1-2H3,(H,29,34)/t20-/m1/s1. The summed E-state index contributed by atoms with van der Waals surface area (Å²) in [5.74, 6) is -1.03. The molecule has 0 spiro atoms. The molecule has 10 nitrogen and oxygen atoms in total. The second-order valence-corrected chi connectivity index (χ2v) is 11.5. The molecule has 0 aliphatic rings. The Morgan fingerprint density at radius 3 is 2.36 bits per heavy atom. The van der Waals surface area contributed by atoms with E-state index in [2.05, 4.69) is 21.2 Å². The highest BCUT2D eigenvalue weighted by Gasteiger charge is 2.33. The van der Waals surface area contributed by atoms with Gasteiger partial charge in [0.2, 0.25) is 11.8 Å². The van der Waals surface area contributed by atoms with E-state index in [0.29, 0.717) is 13.0 Å². The summed E-state index contributed by atoms with van der Waals surface area (Å²) in [5.41, 5.74) is 0.346. The Balaban J connectivity index is 2.05. The zero-order valence-electron chi connectivity index (χ0n) is 21.5. The van der Waals surface area contributed by atoms with Crippen molar-refractivity contribution >= 4 is 49.1 Å². The van der Waals surface area contributed by atoms with Gasteiger partial charge in [-0.3, -0.25) is 24.0 Å². The summed E-state index contributed by atoms with van der Waals surface area (Å²) >= 11 is 3.41. The van der Waals surface area contributed by atoms with Crippen LogP contribution in [-0.4, -0.2) is 49.2 Å². The van der Waals surface area contributed by atoms with E-state index < -0.39 is 33.4 Å². The Kier molecular flexibility index (Phi) is 10.2. The summed E-state index contributed by atoms with van der Waals surface area (Å²) in [7, 11) is -4.31. The van der Waals surface area contributed by atoms with E-state index in [1.807, 2.05) is 13.0 Å². The fraction of sp³-hybridized carbons (Fsp3) is 0.259. The number of carbonyl (C=O) groups excluding carboxylic acids is 2. The van der Waals surface area contributed by atoms with Gasteiger partial charge in [-0.2, -0.15) is 0 Å². The van der Waals surface area contributed by atoms with Crippen LogP contribution in [0.4, 0.5) is 11.4 Å². The van der Waals surface area contributed by atoms with Crippen molar-refractivity contribution in [2.45, 2.75) is 37.8 Å². The molecule has 0 unspecified atom stereocenters. The first-order valence-electron chi connectivity index (χ1n) is 12.2. The highest BCUT2D eigenvalue weighted by molar-refractivity contribution is 9.10. The molecule has 1 N–H and O–H groups in total. The molecular weight excluding hydrogens is 588 g/mol. The van der Waals surface area contributed by atoms with Crippen LogP contribution in [0, 0.1) is 10.1 Å². The zero-order valence-corrected chi connectivity index (χ0v) is 23.9. The minimum atomic E-state index is -4.31. The van der Waals surface area contributed by atoms with Gasteiger partial charge in [0.15, 0.2) is 0 Å². The quantitative estimate of drug-likeness (QED) is 0.236. The molecule has 1 atom stereocenters.